The first-order valence-electron chi connectivity index (χ1n) is 12.2. The minimum absolute atomic E-state index is 0.102. The largest absolute Gasteiger partial charge is 0.379 e. The molecule has 2 saturated heterocycles. The number of urea groups is 1. The Kier molecular flexibility index (Phi) is 8.29. The summed E-state index contributed by atoms with van der Waals surface area (Å²) in [5, 5.41) is 8.15. The summed E-state index contributed by atoms with van der Waals surface area (Å²) < 4.78 is 5.31. The van der Waals surface area contributed by atoms with Gasteiger partial charge in [0.25, 0.3) is 11.8 Å². The van der Waals surface area contributed by atoms with Gasteiger partial charge in [-0.2, -0.15) is 0 Å². The number of benzene rings is 1. The van der Waals surface area contributed by atoms with Crippen LogP contribution in [0.4, 0.5) is 10.7 Å². The van der Waals surface area contributed by atoms with E-state index in [9.17, 15) is 19.2 Å². The molecule has 0 saturated carbocycles. The van der Waals surface area contributed by atoms with Crippen LogP contribution in [0.25, 0.3) is 0 Å². The third-order valence-corrected chi connectivity index (χ3v) is 6.51. The summed E-state index contributed by atoms with van der Waals surface area (Å²) in [6.45, 7) is 2.09. The lowest BCUT2D eigenvalue weighted by Crippen LogP contribution is -2.55. The van der Waals surface area contributed by atoms with Gasteiger partial charge in [0, 0.05) is 45.5 Å². The Hall–Kier alpha value is -4.06. The molecule has 0 aliphatic carbocycles. The van der Waals surface area contributed by atoms with Crippen molar-refractivity contribution in [1.82, 2.24) is 30.8 Å². The zero-order valence-electron chi connectivity index (χ0n) is 20.7. The first-order valence-corrected chi connectivity index (χ1v) is 12.2. The van der Waals surface area contributed by atoms with Crippen molar-refractivity contribution >= 4 is 29.7 Å². The van der Waals surface area contributed by atoms with Crippen molar-refractivity contribution in [1.29, 1.82) is 0 Å². The maximum Gasteiger partial charge on any atom is 0.325 e. The predicted molar refractivity (Wildman–Crippen MR) is 134 cm³/mol. The number of ether oxygens (including phenoxy) is 1. The van der Waals surface area contributed by atoms with Gasteiger partial charge in [-0.3, -0.25) is 19.3 Å². The maximum absolute atomic E-state index is 13.2. The van der Waals surface area contributed by atoms with Crippen LogP contribution in [0.15, 0.2) is 42.7 Å². The Labute approximate surface area is 214 Å². The summed E-state index contributed by atoms with van der Waals surface area (Å²) >= 11 is 0. The van der Waals surface area contributed by atoms with Crippen LogP contribution in [-0.2, 0) is 20.9 Å². The summed E-state index contributed by atoms with van der Waals surface area (Å²) in [6.07, 6.45) is 4.06. The summed E-state index contributed by atoms with van der Waals surface area (Å²) in [5.41, 5.74) is 0.300. The normalized spacial score (nSPS) is 16.6. The molecule has 0 bridgehead atoms. The first-order chi connectivity index (χ1) is 17.9. The van der Waals surface area contributed by atoms with Crippen LogP contribution in [0.2, 0.25) is 0 Å². The molecule has 3 heterocycles. The monoisotopic (exact) mass is 509 g/mol. The van der Waals surface area contributed by atoms with Crippen LogP contribution < -0.4 is 20.9 Å². The summed E-state index contributed by atoms with van der Waals surface area (Å²) in [7, 11) is 1.56. The number of hydrogen-bond donors (Lipinski definition) is 3. The highest BCUT2D eigenvalue weighted by molar-refractivity contribution is 6.07. The Bertz CT molecular complexity index is 1120. The van der Waals surface area contributed by atoms with Crippen LogP contribution in [0, 0.1) is 0 Å². The van der Waals surface area contributed by atoms with Gasteiger partial charge in [-0.1, -0.05) is 30.3 Å². The molecule has 2 aliphatic rings. The number of amides is 5. The molecule has 0 atom stereocenters. The molecule has 37 heavy (non-hydrogen) atoms. The molecule has 0 unspecified atom stereocenters. The predicted octanol–water partition coefficient (Wildman–Crippen LogP) is 0.450. The second-order valence-electron chi connectivity index (χ2n) is 8.94. The lowest BCUT2D eigenvalue weighted by atomic mass is 9.87. The van der Waals surface area contributed by atoms with Crippen LogP contribution in [-0.4, -0.2) is 84.1 Å². The molecule has 1 aromatic heterocycles. The van der Waals surface area contributed by atoms with Crippen LogP contribution in [0.1, 0.15) is 35.2 Å². The molecule has 196 valence electrons. The van der Waals surface area contributed by atoms with E-state index in [1.54, 1.807) is 7.05 Å². The van der Waals surface area contributed by atoms with E-state index >= 15 is 0 Å². The Balaban J connectivity index is 1.24. The fourth-order valence-electron chi connectivity index (χ4n) is 4.35. The van der Waals surface area contributed by atoms with Crippen LogP contribution in [0.3, 0.4) is 0 Å². The van der Waals surface area contributed by atoms with Crippen LogP contribution in [0.5, 0.6) is 0 Å². The molecule has 2 aliphatic heterocycles. The van der Waals surface area contributed by atoms with Gasteiger partial charge in [-0.15, -0.1) is 0 Å². The third-order valence-electron chi connectivity index (χ3n) is 6.51. The molecule has 4 rings (SSSR count). The van der Waals surface area contributed by atoms with E-state index in [-0.39, 0.29) is 49.9 Å². The van der Waals surface area contributed by atoms with Crippen molar-refractivity contribution in [3.8, 4) is 0 Å². The number of nitrogens with one attached hydrogen (secondary N) is 3. The zero-order valence-corrected chi connectivity index (χ0v) is 20.7. The summed E-state index contributed by atoms with van der Waals surface area (Å²) in [4.78, 5) is 61.1. The molecular formula is C25H31N7O5. The molecule has 2 fully saturated rings. The average Bonchev–Trinajstić information content (AvgIpc) is 3.15. The number of rotatable bonds is 10. The molecule has 0 radical (unpaired) electrons. The minimum atomic E-state index is -0.912. The number of carbonyl (C=O) groups is 4. The Morgan fingerprint density at radius 2 is 1.78 bits per heavy atom. The lowest BCUT2D eigenvalue weighted by molar-refractivity contribution is -0.132. The molecule has 12 nitrogen and oxygen atoms in total. The maximum atomic E-state index is 13.2. The quantitative estimate of drug-likeness (QED) is 0.309. The van der Waals surface area contributed by atoms with E-state index in [0.29, 0.717) is 44.0 Å². The molecule has 12 heteroatoms. The number of carbonyl (C=O) groups excluding carboxylic acids is 4. The highest BCUT2D eigenvalue weighted by Gasteiger charge is 2.52. The van der Waals surface area contributed by atoms with E-state index in [1.165, 1.54) is 17.3 Å². The van der Waals surface area contributed by atoms with Crippen molar-refractivity contribution < 1.29 is 23.9 Å². The number of hydrogen-bond acceptors (Lipinski definition) is 8. The molecule has 3 N–H and O–H groups in total. The summed E-state index contributed by atoms with van der Waals surface area (Å²) in [5.74, 6) is -0.167. The van der Waals surface area contributed by atoms with Gasteiger partial charge in [-0.05, 0) is 18.4 Å². The second kappa shape index (κ2) is 11.8. The lowest BCUT2D eigenvalue weighted by Gasteiger charge is -2.37. The molecule has 2 aromatic rings. The van der Waals surface area contributed by atoms with Crippen LogP contribution >= 0.6 is 0 Å². The fourth-order valence-corrected chi connectivity index (χ4v) is 4.35. The second-order valence-corrected chi connectivity index (χ2v) is 8.94. The highest BCUT2D eigenvalue weighted by atomic mass is 16.5. The highest BCUT2D eigenvalue weighted by Crippen LogP contribution is 2.31. The zero-order chi connectivity index (χ0) is 26.3. The Morgan fingerprint density at radius 1 is 1.08 bits per heavy atom. The number of piperidine rings is 1. The van der Waals surface area contributed by atoms with E-state index in [4.69, 9.17) is 4.74 Å². The van der Waals surface area contributed by atoms with Crippen molar-refractivity contribution in [2.45, 2.75) is 31.3 Å². The number of aromatic nitrogens is 2. The van der Waals surface area contributed by atoms with Crippen molar-refractivity contribution in [2.75, 3.05) is 44.8 Å². The smallest absolute Gasteiger partial charge is 0.325 e. The van der Waals surface area contributed by atoms with Crippen molar-refractivity contribution in [3.05, 3.63) is 53.9 Å². The SMILES string of the molecule is CNC(=O)CCOCCNC(=O)c1cnc(N2CCC3(CC2)NC(=O)N(Cc2ccccc2)C3=O)nc1. The van der Waals surface area contributed by atoms with Gasteiger partial charge >= 0.3 is 6.03 Å². The number of anilines is 1. The number of nitrogens with zero attached hydrogens (tertiary/aromatic N) is 4. The molecule has 1 aromatic carbocycles. The molecular weight excluding hydrogens is 478 g/mol. The topological polar surface area (TPSA) is 146 Å². The fraction of sp³-hybridized carbons (Fsp3) is 0.440. The average molecular weight is 510 g/mol. The van der Waals surface area contributed by atoms with E-state index in [0.717, 1.165) is 5.56 Å². The van der Waals surface area contributed by atoms with E-state index < -0.39 is 5.54 Å². The van der Waals surface area contributed by atoms with E-state index in [1.807, 2.05) is 35.2 Å². The minimum Gasteiger partial charge on any atom is -0.379 e. The van der Waals surface area contributed by atoms with Crippen molar-refractivity contribution in [3.63, 3.8) is 0 Å². The first kappa shape index (κ1) is 26.0. The summed E-state index contributed by atoms with van der Waals surface area (Å²) in [6, 6.07) is 9.05. The van der Waals surface area contributed by atoms with E-state index in [2.05, 4.69) is 25.9 Å². The molecule has 1 spiro atoms. The van der Waals surface area contributed by atoms with Gasteiger partial charge in [0.1, 0.15) is 5.54 Å². The van der Waals surface area contributed by atoms with Crippen molar-refractivity contribution in [2.24, 2.45) is 0 Å². The van der Waals surface area contributed by atoms with Gasteiger partial charge in [0.2, 0.25) is 11.9 Å². The van der Waals surface area contributed by atoms with Gasteiger partial charge in [0.15, 0.2) is 0 Å². The standard InChI is InChI=1S/C25H31N7O5/c1-26-20(33)7-13-37-14-10-27-21(34)19-15-28-23(29-16-19)31-11-8-25(9-12-31)22(35)32(24(36)30-25)17-18-5-3-2-4-6-18/h2-6,15-16H,7-14,17H2,1H3,(H,26,33)(H,27,34)(H,30,36). The van der Waals surface area contributed by atoms with Gasteiger partial charge in [-0.25, -0.2) is 14.8 Å². The van der Waals surface area contributed by atoms with Gasteiger partial charge in [0.05, 0.1) is 25.3 Å². The molecule has 5 amide bonds. The Morgan fingerprint density at radius 3 is 2.46 bits per heavy atom. The van der Waals surface area contributed by atoms with Gasteiger partial charge < -0.3 is 25.6 Å². The third kappa shape index (κ3) is 6.20. The number of imide groups is 1.